The Morgan fingerprint density at radius 3 is 2.59 bits per heavy atom. The molecule has 1 saturated heterocycles. The van der Waals surface area contributed by atoms with Gasteiger partial charge >= 0.3 is 0 Å². The first kappa shape index (κ1) is 17.6. The molecule has 4 heterocycles. The molecule has 1 fully saturated rings. The Morgan fingerprint density at radius 1 is 1.19 bits per heavy atom. The van der Waals surface area contributed by atoms with E-state index in [1.165, 1.54) is 0 Å². The average molecular weight is 367 g/mol. The van der Waals surface area contributed by atoms with Crippen molar-refractivity contribution in [1.29, 1.82) is 0 Å². The van der Waals surface area contributed by atoms with Crippen LogP contribution in [0.15, 0.2) is 18.2 Å². The lowest BCUT2D eigenvalue weighted by Crippen LogP contribution is -2.38. The molecular weight excluding hydrogens is 342 g/mol. The van der Waals surface area contributed by atoms with Crippen LogP contribution in [0.25, 0.3) is 5.65 Å². The van der Waals surface area contributed by atoms with Crippen molar-refractivity contribution < 1.29 is 4.79 Å². The lowest BCUT2D eigenvalue weighted by atomic mass is 9.92. The predicted molar refractivity (Wildman–Crippen MR) is 101 cm³/mol. The number of piperidine rings is 1. The van der Waals surface area contributed by atoms with Gasteiger partial charge in [-0.15, -0.1) is 10.2 Å². The van der Waals surface area contributed by atoms with E-state index in [1.807, 2.05) is 34.5 Å². The number of fused-ring (bicyclic) bond motifs is 1. The van der Waals surface area contributed by atoms with Gasteiger partial charge in [-0.3, -0.25) is 9.89 Å². The van der Waals surface area contributed by atoms with Gasteiger partial charge in [0, 0.05) is 30.1 Å². The summed E-state index contributed by atoms with van der Waals surface area (Å²) in [6.07, 6.45) is 1.69. The van der Waals surface area contributed by atoms with Crippen molar-refractivity contribution in [2.75, 3.05) is 13.1 Å². The first-order valence-electron chi connectivity index (χ1n) is 9.37. The second kappa shape index (κ2) is 6.44. The Morgan fingerprint density at radius 2 is 1.93 bits per heavy atom. The summed E-state index contributed by atoms with van der Waals surface area (Å²) in [6, 6.07) is 5.74. The zero-order valence-electron chi connectivity index (χ0n) is 16.2. The van der Waals surface area contributed by atoms with Crippen molar-refractivity contribution in [3.05, 3.63) is 41.1 Å². The van der Waals surface area contributed by atoms with Gasteiger partial charge in [-0.05, 0) is 38.0 Å². The van der Waals surface area contributed by atoms with Crippen molar-refractivity contribution in [3.8, 4) is 0 Å². The SMILES string of the molecule is Cc1ccc2nnc(C3CCN(C(=O)c4cc(C(C)(C)C)[nH]n4)CC3)n2n1. The summed E-state index contributed by atoms with van der Waals surface area (Å²) in [5.41, 5.74) is 3.10. The fraction of sp³-hybridized carbons (Fsp3) is 0.526. The molecule has 0 unspecified atom stereocenters. The zero-order chi connectivity index (χ0) is 19.2. The van der Waals surface area contributed by atoms with Crippen LogP contribution in [0, 0.1) is 6.92 Å². The van der Waals surface area contributed by atoms with E-state index in [9.17, 15) is 4.79 Å². The van der Waals surface area contributed by atoms with Crippen LogP contribution in [0.1, 0.15) is 67.2 Å². The zero-order valence-corrected chi connectivity index (χ0v) is 16.2. The second-order valence-corrected chi connectivity index (χ2v) is 8.29. The molecular formula is C19H25N7O. The summed E-state index contributed by atoms with van der Waals surface area (Å²) in [6.45, 7) is 9.61. The lowest BCUT2D eigenvalue weighted by Gasteiger charge is -2.30. The smallest absolute Gasteiger partial charge is 0.274 e. The number of amides is 1. The van der Waals surface area contributed by atoms with Gasteiger partial charge in [0.15, 0.2) is 11.5 Å². The van der Waals surface area contributed by atoms with Crippen LogP contribution < -0.4 is 0 Å². The molecule has 1 aliphatic heterocycles. The largest absolute Gasteiger partial charge is 0.337 e. The highest BCUT2D eigenvalue weighted by molar-refractivity contribution is 5.92. The van der Waals surface area contributed by atoms with Gasteiger partial charge in [-0.25, -0.2) is 0 Å². The number of nitrogens with zero attached hydrogens (tertiary/aromatic N) is 6. The molecule has 3 aromatic heterocycles. The number of aromatic nitrogens is 6. The highest BCUT2D eigenvalue weighted by Crippen LogP contribution is 2.28. The standard InChI is InChI=1S/C19H25N7O/c1-12-5-6-16-22-23-17(26(16)24-12)13-7-9-25(10-8-13)18(27)14-11-15(21-20-14)19(2,3)4/h5-6,11,13H,7-10H2,1-4H3,(H,20,21). The van der Waals surface area contributed by atoms with E-state index in [0.717, 1.165) is 35.7 Å². The van der Waals surface area contributed by atoms with Crippen LogP contribution in [0.2, 0.25) is 0 Å². The Hall–Kier alpha value is -2.77. The van der Waals surface area contributed by atoms with E-state index in [2.05, 4.69) is 46.3 Å². The minimum atomic E-state index is -0.0572. The van der Waals surface area contributed by atoms with Crippen LogP contribution >= 0.6 is 0 Å². The van der Waals surface area contributed by atoms with Gasteiger partial charge in [-0.1, -0.05) is 20.8 Å². The first-order valence-corrected chi connectivity index (χ1v) is 9.37. The molecule has 1 amide bonds. The van der Waals surface area contributed by atoms with E-state index in [-0.39, 0.29) is 17.2 Å². The molecule has 1 N–H and O–H groups in total. The third kappa shape index (κ3) is 3.31. The van der Waals surface area contributed by atoms with Crippen LogP contribution in [0.5, 0.6) is 0 Å². The minimum absolute atomic E-state index is 0.0136. The predicted octanol–water partition coefficient (Wildman–Crippen LogP) is 2.47. The maximum absolute atomic E-state index is 12.8. The Kier molecular flexibility index (Phi) is 4.20. The number of hydrogen-bond donors (Lipinski definition) is 1. The number of likely N-dealkylation sites (tertiary alicyclic amines) is 1. The molecule has 27 heavy (non-hydrogen) atoms. The lowest BCUT2D eigenvalue weighted by molar-refractivity contribution is 0.0704. The van der Waals surface area contributed by atoms with Crippen molar-refractivity contribution in [2.45, 2.75) is 51.9 Å². The first-order chi connectivity index (χ1) is 12.8. The molecule has 8 nitrogen and oxygen atoms in total. The Balaban J connectivity index is 1.46. The monoisotopic (exact) mass is 367 g/mol. The van der Waals surface area contributed by atoms with Crippen molar-refractivity contribution in [2.24, 2.45) is 0 Å². The van der Waals surface area contributed by atoms with Gasteiger partial charge in [0.1, 0.15) is 5.69 Å². The number of nitrogens with one attached hydrogen (secondary N) is 1. The minimum Gasteiger partial charge on any atom is -0.337 e. The van der Waals surface area contributed by atoms with Gasteiger partial charge in [0.25, 0.3) is 5.91 Å². The van der Waals surface area contributed by atoms with E-state index >= 15 is 0 Å². The fourth-order valence-electron chi connectivity index (χ4n) is 3.47. The maximum atomic E-state index is 12.8. The number of carbonyl (C=O) groups is 1. The summed E-state index contributed by atoms with van der Waals surface area (Å²) in [4.78, 5) is 14.7. The third-order valence-corrected chi connectivity index (χ3v) is 5.17. The molecule has 0 aliphatic carbocycles. The molecule has 0 radical (unpaired) electrons. The van der Waals surface area contributed by atoms with Gasteiger partial charge in [-0.2, -0.15) is 14.7 Å². The number of aryl methyl sites for hydroxylation is 1. The number of rotatable bonds is 2. The van der Waals surface area contributed by atoms with Gasteiger partial charge in [0.2, 0.25) is 0 Å². The van der Waals surface area contributed by atoms with Crippen LogP contribution in [0.4, 0.5) is 0 Å². The third-order valence-electron chi connectivity index (χ3n) is 5.17. The molecule has 0 spiro atoms. The average Bonchev–Trinajstić information content (AvgIpc) is 3.28. The normalized spacial score (nSPS) is 16.2. The highest BCUT2D eigenvalue weighted by Gasteiger charge is 2.29. The highest BCUT2D eigenvalue weighted by atomic mass is 16.2. The molecule has 142 valence electrons. The second-order valence-electron chi connectivity index (χ2n) is 8.29. The van der Waals surface area contributed by atoms with E-state index in [0.29, 0.717) is 18.8 Å². The molecule has 0 atom stereocenters. The number of H-pyrrole nitrogens is 1. The van der Waals surface area contributed by atoms with Crippen molar-refractivity contribution >= 4 is 11.6 Å². The molecule has 3 aromatic rings. The quantitative estimate of drug-likeness (QED) is 0.751. The van der Waals surface area contributed by atoms with E-state index in [1.54, 1.807) is 0 Å². The van der Waals surface area contributed by atoms with Crippen LogP contribution in [0.3, 0.4) is 0 Å². The van der Waals surface area contributed by atoms with Gasteiger partial charge in [0.05, 0.1) is 5.69 Å². The molecule has 0 saturated carbocycles. The molecule has 0 bridgehead atoms. The number of carbonyl (C=O) groups excluding carboxylic acids is 1. The van der Waals surface area contributed by atoms with Crippen LogP contribution in [-0.4, -0.2) is 53.9 Å². The maximum Gasteiger partial charge on any atom is 0.274 e. The van der Waals surface area contributed by atoms with Crippen molar-refractivity contribution in [1.82, 2.24) is 34.9 Å². The molecule has 4 rings (SSSR count). The summed E-state index contributed by atoms with van der Waals surface area (Å²) < 4.78 is 1.83. The number of aromatic amines is 1. The summed E-state index contributed by atoms with van der Waals surface area (Å²) in [5, 5.41) is 20.3. The van der Waals surface area contributed by atoms with Crippen LogP contribution in [-0.2, 0) is 5.41 Å². The summed E-state index contributed by atoms with van der Waals surface area (Å²) in [7, 11) is 0. The summed E-state index contributed by atoms with van der Waals surface area (Å²) >= 11 is 0. The van der Waals surface area contributed by atoms with Gasteiger partial charge < -0.3 is 4.90 Å². The van der Waals surface area contributed by atoms with Crippen molar-refractivity contribution in [3.63, 3.8) is 0 Å². The molecule has 0 aromatic carbocycles. The molecule has 1 aliphatic rings. The Bertz CT molecular complexity index is 974. The molecule has 8 heteroatoms. The number of hydrogen-bond acceptors (Lipinski definition) is 5. The topological polar surface area (TPSA) is 92.1 Å². The van der Waals surface area contributed by atoms with E-state index in [4.69, 9.17) is 0 Å². The summed E-state index contributed by atoms with van der Waals surface area (Å²) in [5.74, 6) is 1.12. The fourth-order valence-corrected chi connectivity index (χ4v) is 3.47. The Labute approximate surface area is 158 Å². The van der Waals surface area contributed by atoms with E-state index < -0.39 is 0 Å².